The average molecular weight is 406 g/mol. The van der Waals surface area contributed by atoms with Gasteiger partial charge in [0.15, 0.2) is 0 Å². The summed E-state index contributed by atoms with van der Waals surface area (Å²) in [4.78, 5) is 10.2. The lowest BCUT2D eigenvalue weighted by molar-refractivity contribution is 0.403. The number of hydrogen-bond donors (Lipinski definition) is 0. The van der Waals surface area contributed by atoms with Gasteiger partial charge in [-0.2, -0.15) is 0 Å². The molecule has 0 amide bonds. The minimum absolute atomic E-state index is 0.129. The standard InChI is InChI=1S/C25H28ClN3/c1-23(2,3)22-28-18-10-14(26)8-9-15(18)21-27-19-11-16-17(12-20(19)29(21)22)25(6,7)13-24(16,4)5/h8-12H,13H2,1-7H3. The van der Waals surface area contributed by atoms with E-state index in [9.17, 15) is 0 Å². The van der Waals surface area contributed by atoms with Crippen molar-refractivity contribution in [1.29, 1.82) is 0 Å². The van der Waals surface area contributed by atoms with Crippen LogP contribution in [0.15, 0.2) is 30.3 Å². The molecule has 1 aliphatic rings. The molecule has 0 atom stereocenters. The molecule has 0 spiro atoms. The van der Waals surface area contributed by atoms with Crippen LogP contribution in [0.1, 0.15) is 71.8 Å². The van der Waals surface area contributed by atoms with Gasteiger partial charge in [0, 0.05) is 15.8 Å². The highest BCUT2D eigenvalue weighted by atomic mass is 35.5. The van der Waals surface area contributed by atoms with Crippen molar-refractivity contribution in [1.82, 2.24) is 14.4 Å². The van der Waals surface area contributed by atoms with Crippen LogP contribution in [0.25, 0.3) is 27.6 Å². The molecule has 0 bridgehead atoms. The van der Waals surface area contributed by atoms with E-state index in [1.807, 2.05) is 18.2 Å². The highest BCUT2D eigenvalue weighted by Gasteiger charge is 2.42. The molecule has 1 aliphatic carbocycles. The van der Waals surface area contributed by atoms with E-state index in [2.05, 4.69) is 65.0 Å². The second-order valence-corrected chi connectivity index (χ2v) is 11.4. The van der Waals surface area contributed by atoms with Crippen molar-refractivity contribution < 1.29 is 0 Å². The van der Waals surface area contributed by atoms with Crippen LogP contribution >= 0.6 is 11.6 Å². The minimum Gasteiger partial charge on any atom is -0.279 e. The summed E-state index contributed by atoms with van der Waals surface area (Å²) in [5.41, 5.74) is 7.10. The van der Waals surface area contributed by atoms with Gasteiger partial charge in [0.1, 0.15) is 11.5 Å². The second kappa shape index (κ2) is 5.51. The number of benzene rings is 2. The van der Waals surface area contributed by atoms with Crippen LogP contribution in [0.4, 0.5) is 0 Å². The predicted molar refractivity (Wildman–Crippen MR) is 122 cm³/mol. The Morgan fingerprint density at radius 2 is 1.55 bits per heavy atom. The molecule has 4 heteroatoms. The first-order valence-electron chi connectivity index (χ1n) is 10.4. The largest absolute Gasteiger partial charge is 0.279 e. The molecule has 0 N–H and O–H groups in total. The Hall–Kier alpha value is -2.13. The first kappa shape index (κ1) is 18.9. The fraction of sp³-hybridized carbons (Fsp3) is 0.440. The Morgan fingerprint density at radius 3 is 2.21 bits per heavy atom. The highest BCUT2D eigenvalue weighted by Crippen LogP contribution is 2.50. The summed E-state index contributed by atoms with van der Waals surface area (Å²) in [5.74, 6) is 1.01. The van der Waals surface area contributed by atoms with Crippen LogP contribution in [0.5, 0.6) is 0 Å². The van der Waals surface area contributed by atoms with Gasteiger partial charge in [-0.1, -0.05) is 60.1 Å². The summed E-state index contributed by atoms with van der Waals surface area (Å²) in [5, 5.41) is 1.74. The van der Waals surface area contributed by atoms with E-state index in [0.717, 1.165) is 39.8 Å². The predicted octanol–water partition coefficient (Wildman–Crippen LogP) is 6.95. The molecule has 3 nitrogen and oxygen atoms in total. The van der Waals surface area contributed by atoms with E-state index in [4.69, 9.17) is 21.6 Å². The number of fused-ring (bicyclic) bond motifs is 6. The molecule has 2 aromatic heterocycles. The van der Waals surface area contributed by atoms with Gasteiger partial charge in [0.25, 0.3) is 0 Å². The molecule has 0 aliphatic heterocycles. The number of nitrogens with zero attached hydrogens (tertiary/aromatic N) is 3. The number of aromatic nitrogens is 3. The molecule has 4 aromatic rings. The number of imidazole rings is 1. The van der Waals surface area contributed by atoms with Gasteiger partial charge in [-0.3, -0.25) is 4.40 Å². The quantitative estimate of drug-likeness (QED) is 0.317. The summed E-state index contributed by atoms with van der Waals surface area (Å²) in [6, 6.07) is 10.6. The van der Waals surface area contributed by atoms with Crippen molar-refractivity contribution in [2.75, 3.05) is 0 Å². The Bertz CT molecular complexity index is 1320. The normalized spacial score (nSPS) is 18.1. The van der Waals surface area contributed by atoms with Gasteiger partial charge >= 0.3 is 0 Å². The van der Waals surface area contributed by atoms with Crippen molar-refractivity contribution in [3.63, 3.8) is 0 Å². The summed E-state index contributed by atoms with van der Waals surface area (Å²) in [7, 11) is 0. The first-order valence-corrected chi connectivity index (χ1v) is 10.7. The zero-order chi connectivity index (χ0) is 20.9. The summed E-state index contributed by atoms with van der Waals surface area (Å²) in [6.07, 6.45) is 1.15. The Labute approximate surface area is 177 Å². The van der Waals surface area contributed by atoms with Crippen molar-refractivity contribution in [3.05, 3.63) is 52.3 Å². The van der Waals surface area contributed by atoms with E-state index in [0.29, 0.717) is 5.02 Å². The van der Waals surface area contributed by atoms with Gasteiger partial charge < -0.3 is 0 Å². The summed E-state index contributed by atoms with van der Waals surface area (Å²) < 4.78 is 2.27. The fourth-order valence-corrected chi connectivity index (χ4v) is 5.55. The summed E-state index contributed by atoms with van der Waals surface area (Å²) >= 11 is 6.28. The average Bonchev–Trinajstić information content (AvgIpc) is 3.04. The van der Waals surface area contributed by atoms with E-state index in [1.165, 1.54) is 11.1 Å². The van der Waals surface area contributed by atoms with Crippen LogP contribution in [-0.2, 0) is 16.2 Å². The fourth-order valence-electron chi connectivity index (χ4n) is 5.39. The van der Waals surface area contributed by atoms with Gasteiger partial charge in [-0.25, -0.2) is 9.97 Å². The molecule has 2 heterocycles. The minimum atomic E-state index is -0.129. The van der Waals surface area contributed by atoms with Crippen molar-refractivity contribution in [2.45, 2.75) is 71.1 Å². The third kappa shape index (κ3) is 2.63. The maximum absolute atomic E-state index is 6.28. The molecule has 29 heavy (non-hydrogen) atoms. The molecule has 0 unspecified atom stereocenters. The third-order valence-electron chi connectivity index (χ3n) is 6.45. The molecule has 5 rings (SSSR count). The lowest BCUT2D eigenvalue weighted by Gasteiger charge is -2.22. The van der Waals surface area contributed by atoms with Crippen LogP contribution in [-0.4, -0.2) is 14.4 Å². The topological polar surface area (TPSA) is 30.2 Å². The molecule has 150 valence electrons. The second-order valence-electron chi connectivity index (χ2n) is 10.9. The van der Waals surface area contributed by atoms with Gasteiger partial charge in [-0.15, -0.1) is 0 Å². The van der Waals surface area contributed by atoms with E-state index < -0.39 is 0 Å². The number of hydrogen-bond acceptors (Lipinski definition) is 2. The van der Waals surface area contributed by atoms with Crippen molar-refractivity contribution >= 4 is 39.2 Å². The van der Waals surface area contributed by atoms with Gasteiger partial charge in [-0.05, 0) is 58.7 Å². The monoisotopic (exact) mass is 405 g/mol. The van der Waals surface area contributed by atoms with E-state index in [1.54, 1.807) is 0 Å². The van der Waals surface area contributed by atoms with Crippen molar-refractivity contribution in [2.24, 2.45) is 0 Å². The molecule has 0 saturated carbocycles. The van der Waals surface area contributed by atoms with E-state index in [-0.39, 0.29) is 16.2 Å². The first-order chi connectivity index (χ1) is 13.4. The van der Waals surface area contributed by atoms with E-state index >= 15 is 0 Å². The maximum Gasteiger partial charge on any atom is 0.148 e. The smallest absolute Gasteiger partial charge is 0.148 e. The van der Waals surface area contributed by atoms with Crippen LogP contribution < -0.4 is 0 Å². The summed E-state index contributed by atoms with van der Waals surface area (Å²) in [6.45, 7) is 16.0. The maximum atomic E-state index is 6.28. The van der Waals surface area contributed by atoms with Crippen LogP contribution in [0, 0.1) is 0 Å². The Morgan fingerprint density at radius 1 is 0.897 bits per heavy atom. The van der Waals surface area contributed by atoms with Crippen LogP contribution in [0.2, 0.25) is 5.02 Å². The highest BCUT2D eigenvalue weighted by molar-refractivity contribution is 6.31. The molecule has 0 saturated heterocycles. The number of rotatable bonds is 0. The lowest BCUT2D eigenvalue weighted by atomic mass is 9.82. The van der Waals surface area contributed by atoms with Gasteiger partial charge in [0.2, 0.25) is 0 Å². The Balaban J connectivity index is 1.99. The number of halogens is 1. The SMILES string of the molecule is CC(C)(C)c1nc2cc(Cl)ccc2c2nc3cc4c(cc3n12)C(C)(C)CC4(C)C. The molecule has 2 aromatic carbocycles. The zero-order valence-corrected chi connectivity index (χ0v) is 19.1. The van der Waals surface area contributed by atoms with Gasteiger partial charge in [0.05, 0.1) is 16.6 Å². The van der Waals surface area contributed by atoms with Crippen LogP contribution in [0.3, 0.4) is 0 Å². The molecule has 0 radical (unpaired) electrons. The molecule has 0 fully saturated rings. The molecular formula is C25H28ClN3. The lowest BCUT2D eigenvalue weighted by Crippen LogP contribution is -2.19. The van der Waals surface area contributed by atoms with Crippen molar-refractivity contribution in [3.8, 4) is 0 Å². The molecular weight excluding hydrogens is 378 g/mol. The third-order valence-corrected chi connectivity index (χ3v) is 6.68. The zero-order valence-electron chi connectivity index (χ0n) is 18.3. The Kier molecular flexibility index (Phi) is 3.59.